The second-order valence-corrected chi connectivity index (χ2v) is 6.56. The molecule has 1 saturated heterocycles. The van der Waals surface area contributed by atoms with Gasteiger partial charge in [-0.3, -0.25) is 0 Å². The molecule has 19 heavy (non-hydrogen) atoms. The molecule has 0 bridgehead atoms. The standard InChI is InChI=1S/C14H16ClN3S/c1-18-8-6-10(7-9-18)19-13-11-4-2-3-5-12(11)16-14(15)17-13/h2-5,10H,6-9H2,1H3. The van der Waals surface area contributed by atoms with Crippen LogP contribution in [0.4, 0.5) is 0 Å². The Morgan fingerprint density at radius 1 is 1.21 bits per heavy atom. The van der Waals surface area contributed by atoms with Crippen molar-refractivity contribution in [3.8, 4) is 0 Å². The second-order valence-electron chi connectivity index (χ2n) is 4.94. The van der Waals surface area contributed by atoms with Crippen molar-refractivity contribution in [2.24, 2.45) is 0 Å². The van der Waals surface area contributed by atoms with Gasteiger partial charge in [0.25, 0.3) is 0 Å². The lowest BCUT2D eigenvalue weighted by Crippen LogP contribution is -2.31. The van der Waals surface area contributed by atoms with Gasteiger partial charge in [-0.05, 0) is 50.6 Å². The van der Waals surface area contributed by atoms with E-state index >= 15 is 0 Å². The number of likely N-dealkylation sites (tertiary alicyclic amines) is 1. The Labute approximate surface area is 122 Å². The van der Waals surface area contributed by atoms with Crippen LogP contribution in [0.25, 0.3) is 10.9 Å². The van der Waals surface area contributed by atoms with Crippen molar-refractivity contribution in [1.82, 2.24) is 14.9 Å². The summed E-state index contributed by atoms with van der Waals surface area (Å²) in [7, 11) is 2.18. The van der Waals surface area contributed by atoms with Crippen LogP contribution in [-0.2, 0) is 0 Å². The summed E-state index contributed by atoms with van der Waals surface area (Å²) in [6.45, 7) is 2.32. The number of aromatic nitrogens is 2. The van der Waals surface area contributed by atoms with E-state index in [4.69, 9.17) is 11.6 Å². The minimum absolute atomic E-state index is 0.342. The number of hydrogen-bond donors (Lipinski definition) is 0. The Balaban J connectivity index is 1.88. The molecule has 0 N–H and O–H groups in total. The van der Waals surface area contributed by atoms with E-state index in [0.29, 0.717) is 10.5 Å². The van der Waals surface area contributed by atoms with Crippen LogP contribution < -0.4 is 0 Å². The maximum Gasteiger partial charge on any atom is 0.224 e. The third-order valence-electron chi connectivity index (χ3n) is 3.48. The first kappa shape index (κ1) is 13.2. The minimum atomic E-state index is 0.342. The third kappa shape index (κ3) is 3.02. The highest BCUT2D eigenvalue weighted by atomic mass is 35.5. The molecule has 0 atom stereocenters. The number of hydrogen-bond acceptors (Lipinski definition) is 4. The summed E-state index contributed by atoms with van der Waals surface area (Å²) >= 11 is 7.87. The molecule has 1 fully saturated rings. The molecule has 2 heterocycles. The summed E-state index contributed by atoms with van der Waals surface area (Å²) in [5.41, 5.74) is 0.929. The molecule has 1 aliphatic rings. The highest BCUT2D eigenvalue weighted by Crippen LogP contribution is 2.33. The first-order chi connectivity index (χ1) is 9.22. The van der Waals surface area contributed by atoms with Crippen LogP contribution in [-0.4, -0.2) is 40.3 Å². The van der Waals surface area contributed by atoms with Crippen LogP contribution >= 0.6 is 23.4 Å². The smallest absolute Gasteiger partial charge is 0.224 e. The van der Waals surface area contributed by atoms with E-state index in [-0.39, 0.29) is 0 Å². The minimum Gasteiger partial charge on any atom is -0.306 e. The maximum atomic E-state index is 6.02. The highest BCUT2D eigenvalue weighted by Gasteiger charge is 2.19. The van der Waals surface area contributed by atoms with Gasteiger partial charge >= 0.3 is 0 Å². The summed E-state index contributed by atoms with van der Waals surface area (Å²) in [6.07, 6.45) is 2.41. The van der Waals surface area contributed by atoms with E-state index in [1.54, 1.807) is 0 Å². The van der Waals surface area contributed by atoms with Gasteiger partial charge in [0.1, 0.15) is 5.03 Å². The Morgan fingerprint density at radius 2 is 1.95 bits per heavy atom. The summed E-state index contributed by atoms with van der Waals surface area (Å²) in [4.78, 5) is 11.1. The van der Waals surface area contributed by atoms with Gasteiger partial charge in [-0.15, -0.1) is 11.8 Å². The molecular formula is C14H16ClN3S. The van der Waals surface area contributed by atoms with Crippen molar-refractivity contribution >= 4 is 34.3 Å². The van der Waals surface area contributed by atoms with Gasteiger partial charge in [-0.25, -0.2) is 9.97 Å². The molecular weight excluding hydrogens is 278 g/mol. The molecule has 100 valence electrons. The van der Waals surface area contributed by atoms with Crippen molar-refractivity contribution in [1.29, 1.82) is 0 Å². The van der Waals surface area contributed by atoms with Crippen LogP contribution in [0.2, 0.25) is 5.28 Å². The number of halogens is 1. The van der Waals surface area contributed by atoms with Crippen molar-refractivity contribution in [2.75, 3.05) is 20.1 Å². The number of piperidine rings is 1. The Kier molecular flexibility index (Phi) is 3.91. The maximum absolute atomic E-state index is 6.02. The average Bonchev–Trinajstić information content (AvgIpc) is 2.41. The Hall–Kier alpha value is -0.840. The largest absolute Gasteiger partial charge is 0.306 e. The zero-order valence-corrected chi connectivity index (χ0v) is 12.4. The first-order valence-electron chi connectivity index (χ1n) is 6.50. The lowest BCUT2D eigenvalue weighted by Gasteiger charge is -2.28. The van der Waals surface area contributed by atoms with E-state index in [9.17, 15) is 0 Å². The van der Waals surface area contributed by atoms with Crippen LogP contribution in [0.3, 0.4) is 0 Å². The number of thioether (sulfide) groups is 1. The number of rotatable bonds is 2. The molecule has 0 aliphatic carbocycles. The monoisotopic (exact) mass is 293 g/mol. The zero-order chi connectivity index (χ0) is 13.2. The first-order valence-corrected chi connectivity index (χ1v) is 7.75. The number of fused-ring (bicyclic) bond motifs is 1. The molecule has 1 aromatic heterocycles. The van der Waals surface area contributed by atoms with Crippen LogP contribution in [0.1, 0.15) is 12.8 Å². The quantitative estimate of drug-likeness (QED) is 0.626. The third-order valence-corrected chi connectivity index (χ3v) is 4.99. The summed E-state index contributed by atoms with van der Waals surface area (Å²) < 4.78 is 0. The van der Waals surface area contributed by atoms with Crippen LogP contribution in [0.5, 0.6) is 0 Å². The van der Waals surface area contributed by atoms with E-state index in [1.807, 2.05) is 30.0 Å². The molecule has 3 rings (SSSR count). The molecule has 0 saturated carbocycles. The lowest BCUT2D eigenvalue weighted by molar-refractivity contribution is 0.282. The molecule has 2 aromatic rings. The molecule has 0 amide bonds. The zero-order valence-electron chi connectivity index (χ0n) is 10.8. The molecule has 0 unspecified atom stereocenters. The van der Waals surface area contributed by atoms with Gasteiger partial charge in [0.15, 0.2) is 0 Å². The van der Waals surface area contributed by atoms with Crippen LogP contribution in [0, 0.1) is 0 Å². The average molecular weight is 294 g/mol. The molecule has 1 aliphatic heterocycles. The lowest BCUT2D eigenvalue weighted by atomic mass is 10.1. The van der Waals surface area contributed by atoms with Gasteiger partial charge < -0.3 is 4.90 Å². The number of benzene rings is 1. The normalized spacial score (nSPS) is 18.0. The molecule has 5 heteroatoms. The van der Waals surface area contributed by atoms with E-state index in [2.05, 4.69) is 28.0 Å². The van der Waals surface area contributed by atoms with Gasteiger partial charge in [-0.1, -0.05) is 18.2 Å². The molecule has 0 spiro atoms. The highest BCUT2D eigenvalue weighted by molar-refractivity contribution is 8.00. The predicted molar refractivity (Wildman–Crippen MR) is 80.9 cm³/mol. The fourth-order valence-electron chi connectivity index (χ4n) is 2.37. The van der Waals surface area contributed by atoms with Gasteiger partial charge in [0.2, 0.25) is 5.28 Å². The second kappa shape index (κ2) is 5.65. The fourth-order valence-corrected chi connectivity index (χ4v) is 3.80. The molecule has 1 aromatic carbocycles. The van der Waals surface area contributed by atoms with Crippen molar-refractivity contribution in [2.45, 2.75) is 23.1 Å². The fraction of sp³-hybridized carbons (Fsp3) is 0.429. The molecule has 3 nitrogen and oxygen atoms in total. The Morgan fingerprint density at radius 3 is 2.74 bits per heavy atom. The SMILES string of the molecule is CN1CCC(Sc2nc(Cl)nc3ccccc23)CC1. The summed E-state index contributed by atoms with van der Waals surface area (Å²) in [5.74, 6) is 0. The van der Waals surface area contributed by atoms with E-state index in [1.165, 1.54) is 12.8 Å². The summed E-state index contributed by atoms with van der Waals surface area (Å²) in [6, 6.07) is 8.07. The van der Waals surface area contributed by atoms with E-state index in [0.717, 1.165) is 29.0 Å². The van der Waals surface area contributed by atoms with Gasteiger partial charge in [-0.2, -0.15) is 0 Å². The topological polar surface area (TPSA) is 29.0 Å². The number of para-hydroxylation sites is 1. The number of nitrogens with zero attached hydrogens (tertiary/aromatic N) is 3. The summed E-state index contributed by atoms with van der Waals surface area (Å²) in [5, 5.41) is 3.10. The van der Waals surface area contributed by atoms with Gasteiger partial charge in [0.05, 0.1) is 5.52 Å². The molecule has 0 radical (unpaired) electrons. The van der Waals surface area contributed by atoms with Crippen molar-refractivity contribution in [3.05, 3.63) is 29.5 Å². The van der Waals surface area contributed by atoms with Crippen LogP contribution in [0.15, 0.2) is 29.3 Å². The van der Waals surface area contributed by atoms with Crippen molar-refractivity contribution in [3.63, 3.8) is 0 Å². The van der Waals surface area contributed by atoms with E-state index < -0.39 is 0 Å². The van der Waals surface area contributed by atoms with Crippen molar-refractivity contribution < 1.29 is 0 Å². The predicted octanol–water partition coefficient (Wildman–Crippen LogP) is 3.47. The van der Waals surface area contributed by atoms with Gasteiger partial charge in [0, 0.05) is 10.6 Å². The Bertz CT molecular complexity index is 582.